The molecular weight excluding hydrogens is 387 g/mol. The summed E-state index contributed by atoms with van der Waals surface area (Å²) in [5.74, 6) is -0.152. The highest BCUT2D eigenvalue weighted by molar-refractivity contribution is 7.15. The molecule has 0 radical (unpaired) electrons. The second kappa shape index (κ2) is 10.3. The van der Waals surface area contributed by atoms with Gasteiger partial charge in [-0.15, -0.1) is 11.3 Å². The van der Waals surface area contributed by atoms with Gasteiger partial charge in [0.25, 0.3) is 0 Å². The highest BCUT2D eigenvalue weighted by atomic mass is 32.1. The van der Waals surface area contributed by atoms with Crippen LogP contribution in [0.15, 0.2) is 18.2 Å². The lowest BCUT2D eigenvalue weighted by Gasteiger charge is -2.15. The molecule has 2 rings (SSSR count). The monoisotopic (exact) mass is 411 g/mol. The second-order valence-corrected chi connectivity index (χ2v) is 7.67. The van der Waals surface area contributed by atoms with E-state index in [1.807, 2.05) is 6.07 Å². The molecule has 0 aliphatic heterocycles. The number of hydrogen-bond acceptors (Lipinski definition) is 5. The topological polar surface area (TPSA) is 71.9 Å². The van der Waals surface area contributed by atoms with Gasteiger partial charge in [-0.1, -0.05) is 45.1 Å². The van der Waals surface area contributed by atoms with Gasteiger partial charge < -0.3 is 10.5 Å². The summed E-state index contributed by atoms with van der Waals surface area (Å²) in [4.78, 5) is 4.05. The Morgan fingerprint density at radius 3 is 2.54 bits per heavy atom. The number of aromatic nitrogens is 1. The van der Waals surface area contributed by atoms with Crippen molar-refractivity contribution in [2.45, 2.75) is 58.0 Å². The van der Waals surface area contributed by atoms with Gasteiger partial charge in [0.2, 0.25) is 0 Å². The van der Waals surface area contributed by atoms with Crippen molar-refractivity contribution in [2.75, 3.05) is 12.3 Å². The van der Waals surface area contributed by atoms with E-state index in [9.17, 15) is 13.2 Å². The molecule has 0 bridgehead atoms. The molecule has 0 unspecified atom stereocenters. The Bertz CT molecular complexity index is 812. The molecule has 0 saturated carbocycles. The average Bonchev–Trinajstić information content (AvgIpc) is 3.00. The third-order valence-electron chi connectivity index (χ3n) is 4.26. The normalized spacial score (nSPS) is 11.4. The SMILES string of the molecule is CCCCCCCCOc1ccc(Cc2nc(C#N)c(N)s2)cc1C(F)(F)F. The largest absolute Gasteiger partial charge is 0.493 e. The van der Waals surface area contributed by atoms with Crippen molar-refractivity contribution >= 4 is 16.3 Å². The van der Waals surface area contributed by atoms with E-state index in [0.29, 0.717) is 10.6 Å². The Morgan fingerprint density at radius 1 is 1.18 bits per heavy atom. The van der Waals surface area contributed by atoms with Gasteiger partial charge in [0.1, 0.15) is 21.8 Å². The van der Waals surface area contributed by atoms with Crippen LogP contribution in [0.25, 0.3) is 0 Å². The van der Waals surface area contributed by atoms with E-state index in [-0.39, 0.29) is 29.5 Å². The molecule has 1 aromatic heterocycles. The van der Waals surface area contributed by atoms with Crippen molar-refractivity contribution in [3.05, 3.63) is 40.0 Å². The van der Waals surface area contributed by atoms with Gasteiger partial charge in [0.15, 0.2) is 5.69 Å². The van der Waals surface area contributed by atoms with Gasteiger partial charge in [-0.3, -0.25) is 0 Å². The fourth-order valence-electron chi connectivity index (χ4n) is 2.81. The number of alkyl halides is 3. The van der Waals surface area contributed by atoms with Crippen LogP contribution in [-0.2, 0) is 12.6 Å². The Labute approximate surface area is 167 Å². The van der Waals surface area contributed by atoms with Gasteiger partial charge in [0, 0.05) is 6.42 Å². The summed E-state index contributed by atoms with van der Waals surface area (Å²) >= 11 is 1.11. The third kappa shape index (κ3) is 6.41. The van der Waals surface area contributed by atoms with Gasteiger partial charge in [0.05, 0.1) is 12.2 Å². The predicted molar refractivity (Wildman–Crippen MR) is 104 cm³/mol. The van der Waals surface area contributed by atoms with E-state index in [2.05, 4.69) is 11.9 Å². The van der Waals surface area contributed by atoms with E-state index < -0.39 is 11.7 Å². The molecule has 0 amide bonds. The van der Waals surface area contributed by atoms with Crippen LogP contribution in [0.3, 0.4) is 0 Å². The number of nitrogen functional groups attached to an aromatic ring is 1. The van der Waals surface area contributed by atoms with E-state index in [0.717, 1.165) is 49.5 Å². The molecule has 0 spiro atoms. The molecular formula is C20H24F3N3OS. The number of ether oxygens (including phenoxy) is 1. The first-order valence-electron chi connectivity index (χ1n) is 9.33. The number of nitrogens with two attached hydrogens (primary N) is 1. The van der Waals surface area contributed by atoms with Crippen molar-refractivity contribution in [3.63, 3.8) is 0 Å². The molecule has 1 aromatic carbocycles. The minimum absolute atomic E-state index is 0.106. The number of benzene rings is 1. The molecule has 0 saturated heterocycles. The maximum atomic E-state index is 13.4. The van der Waals surface area contributed by atoms with E-state index in [4.69, 9.17) is 15.7 Å². The minimum atomic E-state index is -4.51. The molecule has 0 aliphatic rings. The fourth-order valence-corrected chi connectivity index (χ4v) is 3.62. The van der Waals surface area contributed by atoms with Crippen molar-refractivity contribution in [1.82, 2.24) is 4.98 Å². The van der Waals surface area contributed by atoms with Gasteiger partial charge in [-0.05, 0) is 24.1 Å². The number of nitrogens with zero attached hydrogens (tertiary/aromatic N) is 2. The number of hydrogen-bond donors (Lipinski definition) is 1. The Kier molecular flexibility index (Phi) is 8.12. The van der Waals surface area contributed by atoms with Crippen LogP contribution in [0.5, 0.6) is 5.75 Å². The standard InChI is InChI=1S/C20H24F3N3OS/c1-2-3-4-5-6-7-10-27-17-9-8-14(11-15(17)20(21,22)23)12-18-26-16(13-24)19(25)28-18/h8-9,11H,2-7,10,12,25H2,1H3. The minimum Gasteiger partial charge on any atom is -0.493 e. The zero-order valence-corrected chi connectivity index (χ0v) is 16.6. The molecule has 4 nitrogen and oxygen atoms in total. The highest BCUT2D eigenvalue weighted by Gasteiger charge is 2.34. The van der Waals surface area contributed by atoms with E-state index in [1.165, 1.54) is 12.5 Å². The van der Waals surface area contributed by atoms with Crippen LogP contribution in [-0.4, -0.2) is 11.6 Å². The molecule has 0 atom stereocenters. The summed E-state index contributed by atoms with van der Waals surface area (Å²) in [6.45, 7) is 2.40. The summed E-state index contributed by atoms with van der Waals surface area (Å²) in [5, 5.41) is 9.67. The lowest BCUT2D eigenvalue weighted by molar-refractivity contribution is -0.139. The molecule has 2 aromatic rings. The second-order valence-electron chi connectivity index (χ2n) is 6.55. The lowest BCUT2D eigenvalue weighted by atomic mass is 10.1. The van der Waals surface area contributed by atoms with E-state index in [1.54, 1.807) is 6.07 Å². The van der Waals surface area contributed by atoms with Crippen LogP contribution in [0.1, 0.15) is 67.3 Å². The number of thiazole rings is 1. The summed E-state index contributed by atoms with van der Waals surface area (Å²) in [6, 6.07) is 5.90. The smallest absolute Gasteiger partial charge is 0.419 e. The van der Waals surface area contributed by atoms with Crippen LogP contribution in [0, 0.1) is 11.3 Å². The maximum absolute atomic E-state index is 13.4. The van der Waals surface area contributed by atoms with Crippen LogP contribution >= 0.6 is 11.3 Å². The molecule has 0 fully saturated rings. The Morgan fingerprint density at radius 2 is 1.89 bits per heavy atom. The average molecular weight is 411 g/mol. The summed E-state index contributed by atoms with van der Waals surface area (Å²) in [5.41, 5.74) is 5.43. The summed E-state index contributed by atoms with van der Waals surface area (Å²) in [7, 11) is 0. The fraction of sp³-hybridized carbons (Fsp3) is 0.500. The van der Waals surface area contributed by atoms with Gasteiger partial charge >= 0.3 is 6.18 Å². The quantitative estimate of drug-likeness (QED) is 0.491. The first kappa shape index (κ1) is 22.0. The molecule has 2 N–H and O–H groups in total. The number of rotatable bonds is 10. The summed E-state index contributed by atoms with van der Waals surface area (Å²) in [6.07, 6.45) is 1.91. The van der Waals surface area contributed by atoms with Crippen LogP contribution in [0.2, 0.25) is 0 Å². The number of nitriles is 1. The predicted octanol–water partition coefficient (Wildman–Crippen LogP) is 5.95. The molecule has 1 heterocycles. The molecule has 8 heteroatoms. The van der Waals surface area contributed by atoms with E-state index >= 15 is 0 Å². The zero-order valence-electron chi connectivity index (χ0n) is 15.8. The zero-order chi connectivity index (χ0) is 20.6. The number of halogens is 3. The van der Waals surface area contributed by atoms with Crippen molar-refractivity contribution in [2.24, 2.45) is 0 Å². The molecule has 0 aliphatic carbocycles. The first-order chi connectivity index (χ1) is 13.3. The van der Waals surface area contributed by atoms with Crippen molar-refractivity contribution < 1.29 is 17.9 Å². The Hall–Kier alpha value is -2.27. The molecule has 28 heavy (non-hydrogen) atoms. The van der Waals surface area contributed by atoms with Gasteiger partial charge in [-0.2, -0.15) is 18.4 Å². The van der Waals surface area contributed by atoms with Crippen LogP contribution in [0.4, 0.5) is 18.2 Å². The third-order valence-corrected chi connectivity index (χ3v) is 5.15. The Balaban J connectivity index is 2.03. The summed E-state index contributed by atoms with van der Waals surface area (Å²) < 4.78 is 45.8. The van der Waals surface area contributed by atoms with Gasteiger partial charge in [-0.25, -0.2) is 4.98 Å². The van der Waals surface area contributed by atoms with Crippen molar-refractivity contribution in [1.29, 1.82) is 5.26 Å². The van der Waals surface area contributed by atoms with Crippen LogP contribution < -0.4 is 10.5 Å². The first-order valence-corrected chi connectivity index (χ1v) is 10.1. The maximum Gasteiger partial charge on any atom is 0.419 e. The number of anilines is 1. The number of unbranched alkanes of at least 4 members (excludes halogenated alkanes) is 5. The van der Waals surface area contributed by atoms with Crippen molar-refractivity contribution in [3.8, 4) is 11.8 Å². The lowest BCUT2D eigenvalue weighted by Crippen LogP contribution is -2.10. The molecule has 152 valence electrons. The highest BCUT2D eigenvalue weighted by Crippen LogP contribution is 2.37.